The van der Waals surface area contributed by atoms with Gasteiger partial charge < -0.3 is 9.63 Å². The third-order valence-electron chi connectivity index (χ3n) is 2.73. The van der Waals surface area contributed by atoms with Crippen LogP contribution in [-0.2, 0) is 6.42 Å². The van der Waals surface area contributed by atoms with E-state index in [1.54, 1.807) is 6.07 Å². The number of hydrogen-bond acceptors (Lipinski definition) is 4. The Morgan fingerprint density at radius 3 is 2.95 bits per heavy atom. The molecular weight excluding hydrogens is 271 g/mol. The Bertz CT molecular complexity index is 539. The van der Waals surface area contributed by atoms with Gasteiger partial charge in [-0.1, -0.05) is 36.2 Å². The minimum Gasteiger partial charge on any atom is -0.385 e. The fourth-order valence-electron chi connectivity index (χ4n) is 1.73. The zero-order valence-electron chi connectivity index (χ0n) is 10.4. The summed E-state index contributed by atoms with van der Waals surface area (Å²) in [7, 11) is 0. The molecule has 0 bridgehead atoms. The molecule has 1 aromatic heterocycles. The van der Waals surface area contributed by atoms with Crippen molar-refractivity contribution < 1.29 is 14.0 Å². The number of aromatic nitrogens is 2. The van der Waals surface area contributed by atoms with Crippen molar-refractivity contribution in [2.45, 2.75) is 32.3 Å². The molecule has 2 aromatic rings. The summed E-state index contributed by atoms with van der Waals surface area (Å²) in [5, 5.41) is 13.7. The number of aliphatic hydroxyl groups is 1. The summed E-state index contributed by atoms with van der Waals surface area (Å²) in [6.07, 6.45) is 0.722. The first kappa shape index (κ1) is 14.0. The molecule has 1 atom stereocenters. The lowest BCUT2D eigenvalue weighted by Crippen LogP contribution is -2.00. The van der Waals surface area contributed by atoms with Crippen LogP contribution in [0.25, 0.3) is 0 Å². The van der Waals surface area contributed by atoms with Gasteiger partial charge in [-0.25, -0.2) is 4.39 Å². The van der Waals surface area contributed by atoms with Gasteiger partial charge in [0.15, 0.2) is 5.82 Å². The third-order valence-corrected chi connectivity index (χ3v) is 3.09. The van der Waals surface area contributed by atoms with Crippen LogP contribution in [0.4, 0.5) is 4.39 Å². The standard InChI is InChI=1S/C13H14ClFN2O2/c1-2-4-11(18)13-16-12(19-17-13)7-8-9(14)5-3-6-10(8)15/h3,5-6,11,18H,2,4,7H2,1H3. The number of benzene rings is 1. The molecule has 0 amide bonds. The van der Waals surface area contributed by atoms with E-state index in [4.69, 9.17) is 16.1 Å². The maximum Gasteiger partial charge on any atom is 0.231 e. The van der Waals surface area contributed by atoms with Crippen molar-refractivity contribution in [3.63, 3.8) is 0 Å². The molecule has 0 radical (unpaired) electrons. The zero-order chi connectivity index (χ0) is 13.8. The van der Waals surface area contributed by atoms with Crippen LogP contribution in [0.2, 0.25) is 5.02 Å². The molecule has 102 valence electrons. The quantitative estimate of drug-likeness (QED) is 0.915. The molecular formula is C13H14ClFN2O2. The highest BCUT2D eigenvalue weighted by atomic mass is 35.5. The Labute approximate surface area is 115 Å². The van der Waals surface area contributed by atoms with Gasteiger partial charge in [0.05, 0.1) is 6.42 Å². The van der Waals surface area contributed by atoms with Crippen molar-refractivity contribution in [3.05, 3.63) is 46.3 Å². The fraction of sp³-hybridized carbons (Fsp3) is 0.385. The topological polar surface area (TPSA) is 59.2 Å². The number of hydrogen-bond donors (Lipinski definition) is 1. The van der Waals surface area contributed by atoms with Crippen LogP contribution < -0.4 is 0 Å². The van der Waals surface area contributed by atoms with Crippen LogP contribution in [-0.4, -0.2) is 15.2 Å². The van der Waals surface area contributed by atoms with E-state index < -0.39 is 11.9 Å². The van der Waals surface area contributed by atoms with Crippen LogP contribution in [0, 0.1) is 5.82 Å². The summed E-state index contributed by atoms with van der Waals surface area (Å²) >= 11 is 5.92. The second-order valence-electron chi connectivity index (χ2n) is 4.23. The smallest absolute Gasteiger partial charge is 0.231 e. The summed E-state index contributed by atoms with van der Waals surface area (Å²) in [4.78, 5) is 4.05. The molecule has 19 heavy (non-hydrogen) atoms. The van der Waals surface area contributed by atoms with Gasteiger partial charge in [-0.2, -0.15) is 4.98 Å². The molecule has 6 heteroatoms. The van der Waals surface area contributed by atoms with Gasteiger partial charge in [0, 0.05) is 10.6 Å². The van der Waals surface area contributed by atoms with Gasteiger partial charge in [0.2, 0.25) is 5.89 Å². The molecule has 0 saturated heterocycles. The predicted octanol–water partition coefficient (Wildman–Crippen LogP) is 3.29. The summed E-state index contributed by atoms with van der Waals surface area (Å²) in [5.74, 6) is 0.0443. The van der Waals surface area contributed by atoms with Crippen LogP contribution in [0.5, 0.6) is 0 Å². The highest BCUT2D eigenvalue weighted by Gasteiger charge is 2.17. The van der Waals surface area contributed by atoms with Crippen molar-refractivity contribution in [2.75, 3.05) is 0 Å². The van der Waals surface area contributed by atoms with E-state index >= 15 is 0 Å². The fourth-order valence-corrected chi connectivity index (χ4v) is 1.96. The van der Waals surface area contributed by atoms with Gasteiger partial charge in [-0.15, -0.1) is 0 Å². The Morgan fingerprint density at radius 2 is 2.26 bits per heavy atom. The molecule has 0 aliphatic carbocycles. The molecule has 0 fully saturated rings. The Morgan fingerprint density at radius 1 is 1.47 bits per heavy atom. The van der Waals surface area contributed by atoms with Crippen LogP contribution in [0.15, 0.2) is 22.7 Å². The Hall–Kier alpha value is -1.46. The average Bonchev–Trinajstić information content (AvgIpc) is 2.83. The van der Waals surface area contributed by atoms with Crippen LogP contribution in [0.1, 0.15) is 43.1 Å². The molecule has 1 aromatic carbocycles. The van der Waals surface area contributed by atoms with Crippen molar-refractivity contribution in [1.82, 2.24) is 10.1 Å². The zero-order valence-corrected chi connectivity index (χ0v) is 11.2. The third kappa shape index (κ3) is 3.30. The Kier molecular flexibility index (Phi) is 4.50. The average molecular weight is 285 g/mol. The van der Waals surface area contributed by atoms with E-state index in [0.29, 0.717) is 17.0 Å². The molecule has 1 heterocycles. The maximum absolute atomic E-state index is 13.6. The molecule has 0 spiro atoms. The van der Waals surface area contributed by atoms with E-state index in [1.165, 1.54) is 12.1 Å². The SMILES string of the molecule is CCCC(O)c1noc(Cc2c(F)cccc2Cl)n1. The lowest BCUT2D eigenvalue weighted by atomic mass is 10.1. The highest BCUT2D eigenvalue weighted by molar-refractivity contribution is 6.31. The highest BCUT2D eigenvalue weighted by Crippen LogP contribution is 2.22. The molecule has 0 aliphatic rings. The number of halogens is 2. The molecule has 1 N–H and O–H groups in total. The van der Waals surface area contributed by atoms with E-state index in [9.17, 15) is 9.50 Å². The molecule has 0 saturated carbocycles. The number of rotatable bonds is 5. The second-order valence-corrected chi connectivity index (χ2v) is 4.63. The van der Waals surface area contributed by atoms with Gasteiger partial charge in [-0.05, 0) is 18.6 Å². The lowest BCUT2D eigenvalue weighted by molar-refractivity contribution is 0.152. The molecule has 4 nitrogen and oxygen atoms in total. The maximum atomic E-state index is 13.6. The van der Waals surface area contributed by atoms with E-state index in [-0.39, 0.29) is 18.1 Å². The van der Waals surface area contributed by atoms with Gasteiger partial charge >= 0.3 is 0 Å². The number of nitrogens with zero attached hydrogens (tertiary/aromatic N) is 2. The van der Waals surface area contributed by atoms with Gasteiger partial charge in [0.25, 0.3) is 0 Å². The summed E-state index contributed by atoms with van der Waals surface area (Å²) in [6, 6.07) is 4.46. The van der Waals surface area contributed by atoms with E-state index in [0.717, 1.165) is 6.42 Å². The predicted molar refractivity (Wildman–Crippen MR) is 68.4 cm³/mol. The van der Waals surface area contributed by atoms with E-state index in [1.807, 2.05) is 6.92 Å². The second kappa shape index (κ2) is 6.12. The van der Waals surface area contributed by atoms with E-state index in [2.05, 4.69) is 10.1 Å². The summed E-state index contributed by atoms with van der Waals surface area (Å²) in [6.45, 7) is 1.95. The largest absolute Gasteiger partial charge is 0.385 e. The van der Waals surface area contributed by atoms with Gasteiger partial charge in [0.1, 0.15) is 11.9 Å². The molecule has 1 unspecified atom stereocenters. The number of aliphatic hydroxyl groups excluding tert-OH is 1. The normalized spacial score (nSPS) is 12.6. The minimum atomic E-state index is -0.751. The first-order valence-corrected chi connectivity index (χ1v) is 6.43. The summed E-state index contributed by atoms with van der Waals surface area (Å²) < 4.78 is 18.6. The minimum absolute atomic E-state index is 0.108. The first-order valence-electron chi connectivity index (χ1n) is 6.05. The van der Waals surface area contributed by atoms with Crippen LogP contribution in [0.3, 0.4) is 0 Å². The van der Waals surface area contributed by atoms with Gasteiger partial charge in [-0.3, -0.25) is 0 Å². The molecule has 0 aliphatic heterocycles. The Balaban J connectivity index is 2.16. The summed E-state index contributed by atoms with van der Waals surface area (Å²) in [5.41, 5.74) is 0.310. The van der Waals surface area contributed by atoms with Crippen molar-refractivity contribution in [2.24, 2.45) is 0 Å². The van der Waals surface area contributed by atoms with Crippen molar-refractivity contribution >= 4 is 11.6 Å². The van der Waals surface area contributed by atoms with Crippen molar-refractivity contribution in [1.29, 1.82) is 0 Å². The monoisotopic (exact) mass is 284 g/mol. The first-order chi connectivity index (χ1) is 9.11. The lowest BCUT2D eigenvalue weighted by Gasteiger charge is -2.02. The van der Waals surface area contributed by atoms with Crippen molar-refractivity contribution in [3.8, 4) is 0 Å². The van der Waals surface area contributed by atoms with Crippen LogP contribution >= 0.6 is 11.6 Å². The molecule has 2 rings (SSSR count).